The number of carbonyl (C=O) groups is 3. The number of imide groups is 1. The number of fused-ring (bicyclic) bond motifs is 4. The molecule has 1 N–H and O–H groups in total. The van der Waals surface area contributed by atoms with Crippen molar-refractivity contribution in [3.63, 3.8) is 0 Å². The first-order valence-corrected chi connectivity index (χ1v) is 11.1. The molecule has 3 aliphatic rings. The van der Waals surface area contributed by atoms with Crippen molar-refractivity contribution in [3.05, 3.63) is 72.8 Å². The Kier molecular flexibility index (Phi) is 4.78. The second kappa shape index (κ2) is 7.41. The first kappa shape index (κ1) is 20.6. The van der Waals surface area contributed by atoms with Crippen LogP contribution in [0.1, 0.15) is 25.8 Å². The Labute approximate surface area is 187 Å². The molecule has 2 fully saturated rings. The zero-order valence-corrected chi connectivity index (χ0v) is 18.3. The highest BCUT2D eigenvalue weighted by molar-refractivity contribution is 6.26. The Hall–Kier alpha value is -3.25. The molecule has 2 aromatic carbocycles. The fraction of sp³-hybridized carbons (Fsp3) is 0.346. The van der Waals surface area contributed by atoms with E-state index in [1.54, 1.807) is 23.1 Å². The van der Waals surface area contributed by atoms with E-state index < -0.39 is 17.4 Å². The summed E-state index contributed by atoms with van der Waals surface area (Å²) in [5.41, 5.74) is 0.841. The molecule has 2 aromatic rings. The van der Waals surface area contributed by atoms with E-state index in [0.717, 1.165) is 11.3 Å². The molecule has 0 saturated carbocycles. The van der Waals surface area contributed by atoms with Gasteiger partial charge in [-0.2, -0.15) is 0 Å². The summed E-state index contributed by atoms with van der Waals surface area (Å²) in [4.78, 5) is 44.5. The molecule has 6 heteroatoms. The van der Waals surface area contributed by atoms with Gasteiger partial charge in [-0.25, -0.2) is 4.90 Å². The minimum atomic E-state index is -1.25. The van der Waals surface area contributed by atoms with Crippen molar-refractivity contribution in [3.8, 4) is 0 Å². The lowest BCUT2D eigenvalue weighted by atomic mass is 9.76. The van der Waals surface area contributed by atoms with Crippen LogP contribution < -0.4 is 15.1 Å². The van der Waals surface area contributed by atoms with E-state index in [2.05, 4.69) is 25.7 Å². The van der Waals surface area contributed by atoms with Crippen molar-refractivity contribution in [2.45, 2.75) is 31.8 Å². The first-order chi connectivity index (χ1) is 15.4. The summed E-state index contributed by atoms with van der Waals surface area (Å²) in [6, 6.07) is 16.3. The number of hydrogen-bond acceptors (Lipinski definition) is 4. The predicted octanol–water partition coefficient (Wildman–Crippen LogP) is 3.24. The van der Waals surface area contributed by atoms with Crippen LogP contribution in [-0.2, 0) is 19.9 Å². The van der Waals surface area contributed by atoms with Crippen molar-refractivity contribution in [2.24, 2.45) is 17.8 Å². The van der Waals surface area contributed by atoms with Gasteiger partial charge in [0.15, 0.2) is 0 Å². The van der Waals surface area contributed by atoms with E-state index in [4.69, 9.17) is 0 Å². The van der Waals surface area contributed by atoms with Crippen LogP contribution in [0.3, 0.4) is 0 Å². The first-order valence-electron chi connectivity index (χ1n) is 11.1. The summed E-state index contributed by atoms with van der Waals surface area (Å²) in [5.74, 6) is -1.81. The van der Waals surface area contributed by atoms with Gasteiger partial charge in [-0.1, -0.05) is 56.3 Å². The predicted molar refractivity (Wildman–Crippen MR) is 123 cm³/mol. The molecule has 3 amide bonds. The average Bonchev–Trinajstić information content (AvgIpc) is 3.33. The van der Waals surface area contributed by atoms with E-state index >= 15 is 0 Å². The zero-order chi connectivity index (χ0) is 22.6. The van der Waals surface area contributed by atoms with Gasteiger partial charge in [0, 0.05) is 23.8 Å². The molecule has 3 aliphatic heterocycles. The third-order valence-electron chi connectivity index (χ3n) is 6.92. The number of anilines is 2. The highest BCUT2D eigenvalue weighted by atomic mass is 16.2. The molecule has 0 aromatic heterocycles. The largest absolute Gasteiger partial charge is 0.306 e. The Morgan fingerprint density at radius 2 is 1.72 bits per heavy atom. The van der Waals surface area contributed by atoms with Crippen LogP contribution in [0.5, 0.6) is 0 Å². The third-order valence-corrected chi connectivity index (χ3v) is 6.92. The average molecular weight is 430 g/mol. The van der Waals surface area contributed by atoms with Crippen molar-refractivity contribution in [2.75, 3.05) is 16.3 Å². The number of benzene rings is 2. The van der Waals surface area contributed by atoms with Crippen LogP contribution in [0.15, 0.2) is 67.3 Å². The molecule has 4 atom stereocenters. The van der Waals surface area contributed by atoms with E-state index in [9.17, 15) is 14.4 Å². The summed E-state index contributed by atoms with van der Waals surface area (Å²) in [7, 11) is 0. The van der Waals surface area contributed by atoms with Crippen LogP contribution >= 0.6 is 0 Å². The molecule has 0 aliphatic carbocycles. The molecule has 0 unspecified atom stereocenters. The molecule has 2 saturated heterocycles. The number of hydrogen-bond donors (Lipinski definition) is 1. The van der Waals surface area contributed by atoms with E-state index in [0.29, 0.717) is 24.6 Å². The Morgan fingerprint density at radius 1 is 1.03 bits per heavy atom. The van der Waals surface area contributed by atoms with E-state index in [1.807, 2.05) is 42.5 Å². The maximum Gasteiger partial charge on any atom is 0.253 e. The maximum absolute atomic E-state index is 14.0. The summed E-state index contributed by atoms with van der Waals surface area (Å²) in [6.45, 7) is 8.33. The molecular weight excluding hydrogens is 402 g/mol. The number of nitrogens with zero attached hydrogens (tertiary/aromatic N) is 2. The molecular formula is C26H27N3O3. The lowest BCUT2D eigenvalue weighted by Crippen LogP contribution is -2.55. The quantitative estimate of drug-likeness (QED) is 0.585. The lowest BCUT2D eigenvalue weighted by Gasteiger charge is -2.30. The second-order valence-corrected chi connectivity index (χ2v) is 9.26. The molecule has 164 valence electrons. The van der Waals surface area contributed by atoms with Crippen LogP contribution in [0.2, 0.25) is 0 Å². The van der Waals surface area contributed by atoms with Crippen LogP contribution in [0.25, 0.3) is 0 Å². The van der Waals surface area contributed by atoms with Crippen LogP contribution in [0, 0.1) is 17.8 Å². The molecule has 1 spiro atoms. The maximum atomic E-state index is 14.0. The topological polar surface area (TPSA) is 69.7 Å². The zero-order valence-electron chi connectivity index (χ0n) is 18.3. The fourth-order valence-corrected chi connectivity index (χ4v) is 5.80. The highest BCUT2D eigenvalue weighted by Gasteiger charge is 2.71. The number of para-hydroxylation sites is 2. The van der Waals surface area contributed by atoms with Crippen LogP contribution in [-0.4, -0.2) is 30.3 Å². The molecule has 6 nitrogen and oxygen atoms in total. The number of rotatable bonds is 5. The monoisotopic (exact) mass is 429 g/mol. The van der Waals surface area contributed by atoms with Crippen molar-refractivity contribution < 1.29 is 14.4 Å². The minimum absolute atomic E-state index is 0.184. The number of carbonyl (C=O) groups excluding carboxylic acids is 3. The van der Waals surface area contributed by atoms with Gasteiger partial charge >= 0.3 is 0 Å². The van der Waals surface area contributed by atoms with Crippen LogP contribution in [0.4, 0.5) is 11.4 Å². The standard InChI is InChI=1S/C26H27N3O3/c1-4-14-28-20-13-9-8-12-18(20)26(25(28)32)22-21(19(27-26)15-16(2)3)23(30)29(24(22)31)17-10-6-5-7-11-17/h4-13,16,19,21-22,27H,1,14-15H2,2-3H3/t19-,21-,22-,26-/m0/s1. The second-order valence-electron chi connectivity index (χ2n) is 9.26. The molecule has 32 heavy (non-hydrogen) atoms. The van der Waals surface area contributed by atoms with Crippen molar-refractivity contribution in [1.29, 1.82) is 0 Å². The van der Waals surface area contributed by atoms with Gasteiger partial charge in [0.1, 0.15) is 5.54 Å². The van der Waals surface area contributed by atoms with E-state index in [1.165, 1.54) is 4.90 Å². The SMILES string of the molecule is C=CCN1C(=O)[C@]2(N[C@@H](CC(C)C)[C@@H]3C(=O)N(c4ccccc4)C(=O)[C@H]32)c2ccccc21. The van der Waals surface area contributed by atoms with Crippen molar-refractivity contribution in [1.82, 2.24) is 5.32 Å². The van der Waals surface area contributed by atoms with Gasteiger partial charge in [0.05, 0.1) is 17.5 Å². The van der Waals surface area contributed by atoms with E-state index in [-0.39, 0.29) is 23.8 Å². The van der Waals surface area contributed by atoms with Gasteiger partial charge < -0.3 is 4.90 Å². The smallest absolute Gasteiger partial charge is 0.253 e. The van der Waals surface area contributed by atoms with Gasteiger partial charge in [-0.15, -0.1) is 6.58 Å². The van der Waals surface area contributed by atoms with Crippen molar-refractivity contribution >= 4 is 29.1 Å². The summed E-state index contributed by atoms with van der Waals surface area (Å²) >= 11 is 0. The molecule has 5 rings (SSSR count). The fourth-order valence-electron chi connectivity index (χ4n) is 5.80. The lowest BCUT2D eigenvalue weighted by molar-refractivity contribution is -0.132. The summed E-state index contributed by atoms with van der Waals surface area (Å²) < 4.78 is 0. The van der Waals surface area contributed by atoms with Gasteiger partial charge in [-0.05, 0) is 30.5 Å². The Morgan fingerprint density at radius 3 is 2.41 bits per heavy atom. The molecule has 3 heterocycles. The number of nitrogens with one attached hydrogen (secondary N) is 1. The van der Waals surface area contributed by atoms with Gasteiger partial charge in [-0.3, -0.25) is 19.7 Å². The molecule has 0 radical (unpaired) electrons. The third kappa shape index (κ3) is 2.65. The van der Waals surface area contributed by atoms with Gasteiger partial charge in [0.25, 0.3) is 5.91 Å². The summed E-state index contributed by atoms with van der Waals surface area (Å²) in [5, 5.41) is 3.53. The highest BCUT2D eigenvalue weighted by Crippen LogP contribution is 2.55. The minimum Gasteiger partial charge on any atom is -0.306 e. The normalized spacial score (nSPS) is 28.7. The number of amides is 3. The Bertz CT molecular complexity index is 1110. The Balaban J connectivity index is 1.69. The molecule has 0 bridgehead atoms. The summed E-state index contributed by atoms with van der Waals surface area (Å²) in [6.07, 6.45) is 2.38. The van der Waals surface area contributed by atoms with Gasteiger partial charge in [0.2, 0.25) is 11.8 Å².